The highest BCUT2D eigenvalue weighted by Gasteiger charge is 2.21. The molecule has 3 N–H and O–H groups in total. The van der Waals surface area contributed by atoms with Crippen molar-refractivity contribution < 1.29 is 4.79 Å². The van der Waals surface area contributed by atoms with E-state index in [0.29, 0.717) is 11.3 Å². The number of nitriles is 1. The lowest BCUT2D eigenvalue weighted by atomic mass is 10.0. The molecule has 1 amide bonds. The van der Waals surface area contributed by atoms with Crippen molar-refractivity contribution in [1.29, 1.82) is 5.26 Å². The van der Waals surface area contributed by atoms with Crippen LogP contribution in [0.5, 0.6) is 0 Å². The van der Waals surface area contributed by atoms with Crippen molar-refractivity contribution in [1.82, 2.24) is 5.32 Å². The van der Waals surface area contributed by atoms with Crippen molar-refractivity contribution in [3.63, 3.8) is 0 Å². The van der Waals surface area contributed by atoms with Gasteiger partial charge < -0.3 is 16.0 Å². The number of carbonyl (C=O) groups is 1. The summed E-state index contributed by atoms with van der Waals surface area (Å²) >= 11 is 0. The fourth-order valence-electron chi connectivity index (χ4n) is 2.44. The summed E-state index contributed by atoms with van der Waals surface area (Å²) in [6, 6.07) is 7.70. The summed E-state index contributed by atoms with van der Waals surface area (Å²) in [6.45, 7) is 3.22. The molecule has 0 spiro atoms. The van der Waals surface area contributed by atoms with Gasteiger partial charge in [-0.1, -0.05) is 0 Å². The lowest BCUT2D eigenvalue weighted by molar-refractivity contribution is -0.119. The van der Waals surface area contributed by atoms with Gasteiger partial charge in [-0.2, -0.15) is 5.26 Å². The van der Waals surface area contributed by atoms with E-state index in [0.717, 1.165) is 31.6 Å². The molecule has 0 atom stereocenters. The third-order valence-corrected chi connectivity index (χ3v) is 3.40. The third-order valence-electron chi connectivity index (χ3n) is 3.40. The maximum absolute atomic E-state index is 11.0. The molecule has 1 aromatic rings. The zero-order valence-corrected chi connectivity index (χ0v) is 11.0. The monoisotopic (exact) mass is 258 g/mol. The molecule has 19 heavy (non-hydrogen) atoms. The molecule has 100 valence electrons. The van der Waals surface area contributed by atoms with Gasteiger partial charge in [-0.25, -0.2) is 0 Å². The van der Waals surface area contributed by atoms with E-state index < -0.39 is 0 Å². The van der Waals surface area contributed by atoms with Gasteiger partial charge in [-0.05, 0) is 31.0 Å². The van der Waals surface area contributed by atoms with E-state index >= 15 is 0 Å². The Morgan fingerprint density at radius 3 is 2.74 bits per heavy atom. The molecular formula is C14H18N4O. The second-order valence-corrected chi connectivity index (χ2v) is 4.85. The Balaban J connectivity index is 2.05. The molecule has 1 heterocycles. The summed E-state index contributed by atoms with van der Waals surface area (Å²) in [5.74, 6) is 0.0180. The number of piperidine rings is 1. The highest BCUT2D eigenvalue weighted by molar-refractivity contribution is 5.73. The van der Waals surface area contributed by atoms with Gasteiger partial charge >= 0.3 is 0 Å². The lowest BCUT2D eigenvalue weighted by Gasteiger charge is -2.34. The molecule has 0 aliphatic carbocycles. The molecule has 1 saturated heterocycles. The number of amides is 1. The molecule has 5 heteroatoms. The van der Waals surface area contributed by atoms with Gasteiger partial charge in [0.25, 0.3) is 0 Å². The summed E-state index contributed by atoms with van der Waals surface area (Å²) in [5.41, 5.74) is 8.20. The standard InChI is InChI=1S/C14H18N4O/c1-10(19)17-12-4-6-18(7-5-12)14-8-11(9-15)2-3-13(14)16/h2-3,8,12H,4-7,16H2,1H3,(H,17,19). The van der Waals surface area contributed by atoms with Crippen molar-refractivity contribution in [2.75, 3.05) is 23.7 Å². The van der Waals surface area contributed by atoms with Gasteiger partial charge in [0.15, 0.2) is 0 Å². The topological polar surface area (TPSA) is 82.2 Å². The number of hydrogen-bond acceptors (Lipinski definition) is 4. The predicted molar refractivity (Wildman–Crippen MR) is 74.6 cm³/mol. The first-order chi connectivity index (χ1) is 9.10. The fraction of sp³-hybridized carbons (Fsp3) is 0.429. The van der Waals surface area contributed by atoms with Crippen LogP contribution in [0.2, 0.25) is 0 Å². The Labute approximate surface area is 113 Å². The number of nitrogens with zero attached hydrogens (tertiary/aromatic N) is 2. The van der Waals surface area contributed by atoms with Crippen LogP contribution >= 0.6 is 0 Å². The van der Waals surface area contributed by atoms with E-state index in [1.165, 1.54) is 0 Å². The van der Waals surface area contributed by atoms with Crippen molar-refractivity contribution >= 4 is 17.3 Å². The summed E-state index contributed by atoms with van der Waals surface area (Å²) in [6.07, 6.45) is 1.80. The Morgan fingerprint density at radius 1 is 1.47 bits per heavy atom. The number of rotatable bonds is 2. The molecular weight excluding hydrogens is 240 g/mol. The molecule has 0 unspecified atom stereocenters. The predicted octanol–water partition coefficient (Wildman–Crippen LogP) is 1.25. The van der Waals surface area contributed by atoms with Crippen molar-refractivity contribution in [2.24, 2.45) is 0 Å². The summed E-state index contributed by atoms with van der Waals surface area (Å²) in [4.78, 5) is 13.2. The van der Waals surface area contributed by atoms with Gasteiger partial charge in [0.1, 0.15) is 0 Å². The lowest BCUT2D eigenvalue weighted by Crippen LogP contribution is -2.44. The Bertz CT molecular complexity index is 513. The minimum absolute atomic E-state index is 0.0180. The molecule has 1 aliphatic heterocycles. The molecule has 1 aromatic carbocycles. The maximum Gasteiger partial charge on any atom is 0.217 e. The molecule has 0 saturated carbocycles. The summed E-state index contributed by atoms with van der Waals surface area (Å²) < 4.78 is 0. The van der Waals surface area contributed by atoms with E-state index in [4.69, 9.17) is 11.0 Å². The van der Waals surface area contributed by atoms with Crippen LogP contribution in [-0.2, 0) is 4.79 Å². The van der Waals surface area contributed by atoms with E-state index in [1.54, 1.807) is 19.1 Å². The number of anilines is 2. The zero-order chi connectivity index (χ0) is 13.8. The number of nitrogen functional groups attached to an aromatic ring is 1. The van der Waals surface area contributed by atoms with Crippen LogP contribution in [-0.4, -0.2) is 25.0 Å². The van der Waals surface area contributed by atoms with Crippen LogP contribution in [0.25, 0.3) is 0 Å². The quantitative estimate of drug-likeness (QED) is 0.782. The van der Waals surface area contributed by atoms with Crippen LogP contribution in [0.3, 0.4) is 0 Å². The van der Waals surface area contributed by atoms with Crippen molar-refractivity contribution in [3.8, 4) is 6.07 Å². The van der Waals surface area contributed by atoms with Crippen LogP contribution in [0, 0.1) is 11.3 Å². The Kier molecular flexibility index (Phi) is 3.91. The number of hydrogen-bond donors (Lipinski definition) is 2. The maximum atomic E-state index is 11.0. The molecule has 0 aromatic heterocycles. The second-order valence-electron chi connectivity index (χ2n) is 4.85. The van der Waals surface area contributed by atoms with Gasteiger partial charge in [0, 0.05) is 26.1 Å². The summed E-state index contributed by atoms with van der Waals surface area (Å²) in [7, 11) is 0. The van der Waals surface area contributed by atoms with E-state index in [2.05, 4.69) is 16.3 Å². The molecule has 1 aliphatic rings. The normalized spacial score (nSPS) is 15.9. The first-order valence-electron chi connectivity index (χ1n) is 6.42. The van der Waals surface area contributed by atoms with E-state index in [9.17, 15) is 4.79 Å². The van der Waals surface area contributed by atoms with Crippen molar-refractivity contribution in [3.05, 3.63) is 23.8 Å². The zero-order valence-electron chi connectivity index (χ0n) is 11.0. The highest BCUT2D eigenvalue weighted by atomic mass is 16.1. The van der Waals surface area contributed by atoms with Gasteiger partial charge in [0.2, 0.25) is 5.91 Å². The number of nitrogens with two attached hydrogens (primary N) is 1. The smallest absolute Gasteiger partial charge is 0.217 e. The largest absolute Gasteiger partial charge is 0.397 e. The average Bonchev–Trinajstić information content (AvgIpc) is 2.40. The second kappa shape index (κ2) is 5.61. The first-order valence-corrected chi connectivity index (χ1v) is 6.42. The number of carbonyl (C=O) groups excluding carboxylic acids is 1. The SMILES string of the molecule is CC(=O)NC1CCN(c2cc(C#N)ccc2N)CC1. The highest BCUT2D eigenvalue weighted by Crippen LogP contribution is 2.27. The Morgan fingerprint density at radius 2 is 2.16 bits per heavy atom. The van der Waals surface area contributed by atoms with Gasteiger partial charge in [-0.3, -0.25) is 4.79 Å². The van der Waals surface area contributed by atoms with E-state index in [1.807, 2.05) is 6.07 Å². The summed E-state index contributed by atoms with van der Waals surface area (Å²) in [5, 5.41) is 11.9. The molecule has 0 bridgehead atoms. The molecule has 0 radical (unpaired) electrons. The Hall–Kier alpha value is -2.22. The van der Waals surface area contributed by atoms with Gasteiger partial charge in [-0.15, -0.1) is 0 Å². The van der Waals surface area contributed by atoms with Crippen LogP contribution < -0.4 is 16.0 Å². The van der Waals surface area contributed by atoms with Crippen LogP contribution in [0.15, 0.2) is 18.2 Å². The number of nitrogens with one attached hydrogen (secondary N) is 1. The van der Waals surface area contributed by atoms with E-state index in [-0.39, 0.29) is 11.9 Å². The molecule has 2 rings (SSSR count). The van der Waals surface area contributed by atoms with Crippen molar-refractivity contribution in [2.45, 2.75) is 25.8 Å². The number of benzene rings is 1. The minimum atomic E-state index is 0.0180. The first kappa shape index (κ1) is 13.2. The van der Waals surface area contributed by atoms with Crippen LogP contribution in [0.4, 0.5) is 11.4 Å². The minimum Gasteiger partial charge on any atom is -0.397 e. The third kappa shape index (κ3) is 3.16. The average molecular weight is 258 g/mol. The van der Waals surface area contributed by atoms with Crippen LogP contribution in [0.1, 0.15) is 25.3 Å². The fourth-order valence-corrected chi connectivity index (χ4v) is 2.44. The molecule has 1 fully saturated rings. The van der Waals surface area contributed by atoms with Gasteiger partial charge in [0.05, 0.1) is 23.0 Å². The molecule has 5 nitrogen and oxygen atoms in total.